The first-order valence-electron chi connectivity index (χ1n) is 19.4. The third kappa shape index (κ3) is 6.70. The van der Waals surface area contributed by atoms with E-state index in [4.69, 9.17) is 10.1 Å². The topological polar surface area (TPSA) is 34.7 Å². The van der Waals surface area contributed by atoms with Crippen LogP contribution in [-0.2, 0) is 21.1 Å². The molecule has 0 spiro atoms. The van der Waals surface area contributed by atoms with Crippen LogP contribution in [0, 0.1) is 24.2 Å². The number of benzene rings is 7. The van der Waals surface area contributed by atoms with Crippen LogP contribution in [0.15, 0.2) is 175 Å². The zero-order valence-electron chi connectivity index (χ0n) is 32.5. The second-order valence-corrected chi connectivity index (χ2v) is 15.5. The summed E-state index contributed by atoms with van der Waals surface area (Å²) in [5, 5.41) is 7.23. The van der Waals surface area contributed by atoms with Gasteiger partial charge in [-0.2, -0.15) is 12.1 Å². The summed E-state index contributed by atoms with van der Waals surface area (Å²) >= 11 is 0. The monoisotopic (exact) mass is 931 g/mol. The molecular formula is C52H40N4OPt. The molecule has 5 nitrogen and oxygen atoms in total. The molecule has 10 rings (SSSR count). The maximum Gasteiger partial charge on any atom is 4.00 e. The van der Waals surface area contributed by atoms with Crippen molar-refractivity contribution in [2.45, 2.75) is 20.8 Å². The molecule has 284 valence electrons. The van der Waals surface area contributed by atoms with Gasteiger partial charge in [-0.3, -0.25) is 0 Å². The Hall–Kier alpha value is -6.29. The minimum atomic E-state index is 0. The molecule has 0 saturated carbocycles. The summed E-state index contributed by atoms with van der Waals surface area (Å²) < 4.78 is 8.83. The number of hydrogen-bond acceptors (Lipinski definition) is 3. The number of para-hydroxylation sites is 4. The van der Waals surface area contributed by atoms with Crippen molar-refractivity contribution in [3.05, 3.63) is 200 Å². The first-order valence-corrected chi connectivity index (χ1v) is 19.4. The van der Waals surface area contributed by atoms with Crippen LogP contribution in [-0.4, -0.2) is 11.1 Å². The minimum Gasteiger partial charge on any atom is -0.509 e. The molecule has 0 radical (unpaired) electrons. The van der Waals surface area contributed by atoms with Gasteiger partial charge in [0.2, 0.25) is 0 Å². The number of ether oxygens (including phenoxy) is 1. The van der Waals surface area contributed by atoms with Gasteiger partial charge in [-0.25, -0.2) is 0 Å². The average molecular weight is 932 g/mol. The van der Waals surface area contributed by atoms with E-state index in [-0.39, 0.29) is 26.5 Å². The quantitative estimate of drug-likeness (QED) is 0.149. The number of allylic oxidation sites excluding steroid dienone is 2. The maximum absolute atomic E-state index is 6.61. The van der Waals surface area contributed by atoms with Gasteiger partial charge in [0.25, 0.3) is 0 Å². The smallest absolute Gasteiger partial charge is 0.509 e. The Bertz CT molecular complexity index is 2790. The van der Waals surface area contributed by atoms with Gasteiger partial charge in [-0.15, -0.1) is 53.6 Å². The molecule has 1 aromatic heterocycles. The number of rotatable bonds is 7. The summed E-state index contributed by atoms with van der Waals surface area (Å²) in [4.78, 5) is 4.51. The molecule has 0 fully saturated rings. The summed E-state index contributed by atoms with van der Waals surface area (Å²) in [7, 11) is 0. The van der Waals surface area contributed by atoms with Gasteiger partial charge in [0, 0.05) is 39.7 Å². The number of nitrogens with zero attached hydrogens (tertiary/aromatic N) is 4. The van der Waals surface area contributed by atoms with Crippen LogP contribution in [0.3, 0.4) is 0 Å². The van der Waals surface area contributed by atoms with Gasteiger partial charge in [0.05, 0.1) is 0 Å². The summed E-state index contributed by atoms with van der Waals surface area (Å²) in [6, 6.07) is 62.2. The molecule has 6 heteroatoms. The molecule has 0 amide bonds. The van der Waals surface area contributed by atoms with Gasteiger partial charge in [0.1, 0.15) is 0 Å². The van der Waals surface area contributed by atoms with Gasteiger partial charge in [-0.1, -0.05) is 159 Å². The number of anilines is 4. The Kier molecular flexibility index (Phi) is 9.79. The molecule has 2 aliphatic heterocycles. The molecule has 2 aliphatic rings. The summed E-state index contributed by atoms with van der Waals surface area (Å²) in [6.07, 6.45) is 4.43. The van der Waals surface area contributed by atoms with Crippen molar-refractivity contribution in [3.63, 3.8) is 0 Å². The molecule has 7 aromatic carbocycles. The second kappa shape index (κ2) is 15.2. The molecule has 0 bridgehead atoms. The Morgan fingerprint density at radius 2 is 1.22 bits per heavy atom. The van der Waals surface area contributed by atoms with Crippen molar-refractivity contribution in [2.24, 2.45) is 5.41 Å². The Morgan fingerprint density at radius 1 is 0.603 bits per heavy atom. The standard InChI is InChI=1S/C52H40N4O.Pt/c1-52(2,3)38-30-31-53-50(32-38)56-46-25-11-10-22-44(46)45-29-28-41(34-49(45)56)57-40-21-14-20-39(33-40)54-35-55(48-27-13-12-26-47(48)54)51-42(36-16-6-4-7-17-36)23-15-24-43(51)37-18-8-5-9-19-37;/h4-30,32,35H,31H2,1-3H3;/q-4;+4. The first kappa shape index (κ1) is 37.3. The van der Waals surface area contributed by atoms with Gasteiger partial charge in [0.15, 0.2) is 0 Å². The summed E-state index contributed by atoms with van der Waals surface area (Å²) in [6.45, 7) is 9.55. The predicted octanol–water partition coefficient (Wildman–Crippen LogP) is 14.1. The molecular weight excluding hydrogens is 892 g/mol. The van der Waals surface area contributed by atoms with Gasteiger partial charge in [-0.05, 0) is 46.3 Å². The van der Waals surface area contributed by atoms with Crippen molar-refractivity contribution in [3.8, 4) is 33.8 Å². The van der Waals surface area contributed by atoms with E-state index in [0.717, 1.165) is 72.6 Å². The average Bonchev–Trinajstić information content (AvgIpc) is 3.80. The van der Waals surface area contributed by atoms with Crippen molar-refractivity contribution >= 4 is 50.4 Å². The van der Waals surface area contributed by atoms with Crippen LogP contribution in [0.5, 0.6) is 11.5 Å². The van der Waals surface area contributed by atoms with Crippen LogP contribution in [0.1, 0.15) is 20.8 Å². The summed E-state index contributed by atoms with van der Waals surface area (Å²) in [5.74, 6) is 2.12. The first-order chi connectivity index (χ1) is 27.9. The molecule has 0 saturated heterocycles. The zero-order valence-corrected chi connectivity index (χ0v) is 34.7. The van der Waals surface area contributed by atoms with Crippen molar-refractivity contribution in [1.29, 1.82) is 0 Å². The van der Waals surface area contributed by atoms with Crippen LogP contribution < -0.4 is 14.5 Å². The van der Waals surface area contributed by atoms with Crippen molar-refractivity contribution in [2.75, 3.05) is 16.3 Å². The van der Waals surface area contributed by atoms with Crippen LogP contribution in [0.4, 0.5) is 22.7 Å². The van der Waals surface area contributed by atoms with Crippen LogP contribution in [0.2, 0.25) is 0 Å². The SMILES string of the molecule is CC(C)(C)C1=CC[N-]C(n2c3[c-]c(Oc4[c-]c(N5[CH-]N(c6c(-c7ccccc7)cccc6-c6ccccc6)c6ccccc65)ccc4)ccc3c3ccccc32)=C1.[Pt+4]. The Morgan fingerprint density at radius 3 is 1.93 bits per heavy atom. The molecule has 8 aromatic rings. The fourth-order valence-corrected chi connectivity index (χ4v) is 8.05. The van der Waals surface area contributed by atoms with E-state index in [1.54, 1.807) is 0 Å². The normalized spacial score (nSPS) is 13.8. The predicted molar refractivity (Wildman–Crippen MR) is 236 cm³/mol. The van der Waals surface area contributed by atoms with E-state index in [1.807, 2.05) is 18.2 Å². The van der Waals surface area contributed by atoms with Crippen molar-refractivity contribution < 1.29 is 25.8 Å². The third-order valence-electron chi connectivity index (χ3n) is 10.8. The maximum atomic E-state index is 6.61. The fourth-order valence-electron chi connectivity index (χ4n) is 8.05. The Labute approximate surface area is 354 Å². The molecule has 58 heavy (non-hydrogen) atoms. The fraction of sp³-hybridized carbons (Fsp3) is 0.0962. The van der Waals surface area contributed by atoms with E-state index >= 15 is 0 Å². The van der Waals surface area contributed by atoms with E-state index in [0.29, 0.717) is 18.0 Å². The van der Waals surface area contributed by atoms with E-state index in [9.17, 15) is 0 Å². The van der Waals surface area contributed by atoms with Gasteiger partial charge >= 0.3 is 21.1 Å². The minimum absolute atomic E-state index is 0. The molecule has 0 N–H and O–H groups in total. The summed E-state index contributed by atoms with van der Waals surface area (Å²) in [5.41, 5.74) is 12.0. The molecule has 0 unspecified atom stereocenters. The van der Waals surface area contributed by atoms with E-state index in [1.165, 1.54) is 5.57 Å². The molecule has 0 atom stereocenters. The Balaban J connectivity index is 0.00000436. The third-order valence-corrected chi connectivity index (χ3v) is 10.8. The number of aromatic nitrogens is 1. The largest absolute Gasteiger partial charge is 4.00 e. The van der Waals surface area contributed by atoms with E-state index < -0.39 is 0 Å². The number of fused-ring (bicyclic) bond motifs is 4. The second-order valence-electron chi connectivity index (χ2n) is 15.5. The van der Waals surface area contributed by atoms with Crippen molar-refractivity contribution in [1.82, 2.24) is 4.57 Å². The van der Waals surface area contributed by atoms with Crippen LogP contribution >= 0.6 is 0 Å². The molecule has 3 heterocycles. The number of hydrogen-bond donors (Lipinski definition) is 0. The zero-order chi connectivity index (χ0) is 38.5. The van der Waals surface area contributed by atoms with Gasteiger partial charge < -0.3 is 24.4 Å². The molecule has 0 aliphatic carbocycles. The van der Waals surface area contributed by atoms with Crippen LogP contribution in [0.25, 0.3) is 55.2 Å². The van der Waals surface area contributed by atoms with E-state index in [2.05, 4.69) is 206 Å².